The lowest BCUT2D eigenvalue weighted by Gasteiger charge is -2.20. The zero-order valence-electron chi connectivity index (χ0n) is 30.0. The Morgan fingerprint density at radius 2 is 1.25 bits per heavy atom. The van der Waals surface area contributed by atoms with Crippen molar-refractivity contribution in [2.75, 3.05) is 0 Å². The molecule has 3 nitrogen and oxygen atoms in total. The van der Waals surface area contributed by atoms with Crippen LogP contribution in [0.2, 0.25) is 0 Å². The van der Waals surface area contributed by atoms with Gasteiger partial charge in [-0.2, -0.15) is 0 Å². The lowest BCUT2D eigenvalue weighted by molar-refractivity contribution is 1.07. The highest BCUT2D eigenvalue weighted by atomic mass is 15.0. The molecule has 0 saturated heterocycles. The molecule has 252 valence electrons. The van der Waals surface area contributed by atoms with E-state index < -0.39 is 0 Å². The Bertz CT molecular complexity index is 2610. The molecule has 0 radical (unpaired) electrons. The van der Waals surface area contributed by atoms with Gasteiger partial charge in [0, 0.05) is 16.7 Å². The van der Waals surface area contributed by atoms with E-state index in [4.69, 9.17) is 9.97 Å². The Kier molecular flexibility index (Phi) is 9.68. The van der Waals surface area contributed by atoms with Crippen LogP contribution in [0.1, 0.15) is 36.1 Å². The van der Waals surface area contributed by atoms with Crippen molar-refractivity contribution >= 4 is 35.1 Å². The maximum absolute atomic E-state index is 5.06. The van der Waals surface area contributed by atoms with Crippen LogP contribution in [0.25, 0.3) is 91.2 Å². The summed E-state index contributed by atoms with van der Waals surface area (Å²) in [6.45, 7) is 19.2. The molecule has 1 aromatic heterocycles. The van der Waals surface area contributed by atoms with E-state index in [0.29, 0.717) is 11.6 Å². The highest BCUT2D eigenvalue weighted by molar-refractivity contribution is 6.10. The average Bonchev–Trinajstić information content (AvgIpc) is 3.20. The molecule has 0 atom stereocenters. The van der Waals surface area contributed by atoms with E-state index in [-0.39, 0.29) is 0 Å². The second kappa shape index (κ2) is 14.8. The van der Waals surface area contributed by atoms with E-state index in [9.17, 15) is 0 Å². The largest absolute Gasteiger partial charge is 0.217 e. The smallest absolute Gasteiger partial charge is 0.164 e. The predicted octanol–water partition coefficient (Wildman–Crippen LogP) is 11.3. The highest BCUT2D eigenvalue weighted by Crippen LogP contribution is 2.43. The number of nitrogens with zero attached hydrogens (tertiary/aromatic N) is 3. The number of rotatable bonds is 9. The third-order valence-electron chi connectivity index (χ3n) is 9.96. The molecule has 0 fully saturated rings. The Balaban J connectivity index is 1.49. The summed E-state index contributed by atoms with van der Waals surface area (Å²) >= 11 is 0. The second-order valence-corrected chi connectivity index (χ2v) is 12.7. The van der Waals surface area contributed by atoms with Gasteiger partial charge < -0.3 is 0 Å². The highest BCUT2D eigenvalue weighted by Gasteiger charge is 2.22. The first-order chi connectivity index (χ1) is 25.5. The molecule has 0 aliphatic heterocycles. The molecule has 0 aliphatic carbocycles. The summed E-state index contributed by atoms with van der Waals surface area (Å²) in [5.74, 6) is 1.23. The molecular weight excluding hydrogens is 631 g/mol. The minimum absolute atomic E-state index is 0.603. The summed E-state index contributed by atoms with van der Waals surface area (Å²) in [4.78, 5) is 14.4. The van der Waals surface area contributed by atoms with Gasteiger partial charge in [-0.1, -0.05) is 160 Å². The van der Waals surface area contributed by atoms with Crippen LogP contribution in [0.15, 0.2) is 141 Å². The van der Waals surface area contributed by atoms with Crippen LogP contribution in [0.4, 0.5) is 0 Å². The van der Waals surface area contributed by atoms with Crippen molar-refractivity contribution in [3.05, 3.63) is 174 Å². The van der Waals surface area contributed by atoms with Gasteiger partial charge in [0.25, 0.3) is 0 Å². The molecular formula is C49H41N3. The summed E-state index contributed by atoms with van der Waals surface area (Å²) in [7, 11) is 0. The molecule has 0 amide bonds. The first-order valence-corrected chi connectivity index (χ1v) is 17.7. The van der Waals surface area contributed by atoms with Gasteiger partial charge in [0.15, 0.2) is 11.6 Å². The van der Waals surface area contributed by atoms with E-state index >= 15 is 0 Å². The number of hydrogen-bond acceptors (Lipinski definition) is 3. The maximum atomic E-state index is 5.06. The average molecular weight is 672 g/mol. The van der Waals surface area contributed by atoms with Gasteiger partial charge in [-0.3, -0.25) is 0 Å². The summed E-state index contributed by atoms with van der Waals surface area (Å²) < 4.78 is 0. The standard InChI is InChI=1S/C49H41N3/c1-7-19-41-37(9-3)32(6)44(40-23-16-15-20-33(40)8-2)30-45(41)34-26-28-35(29-27-34)46-39(11-5)38(10-4)42-24-17-18-25-43(42)47(46)49-51-31-50-48(52-49)36-21-13-12-14-22-36/h7,9-31H,1,4-5,8H2,2-3,6H3/b37-9-,41-19+. The lowest BCUT2D eigenvalue weighted by Crippen LogP contribution is -2.30. The predicted molar refractivity (Wildman–Crippen MR) is 223 cm³/mol. The van der Waals surface area contributed by atoms with Crippen molar-refractivity contribution in [3.8, 4) is 56.2 Å². The van der Waals surface area contributed by atoms with Crippen molar-refractivity contribution in [2.24, 2.45) is 0 Å². The van der Waals surface area contributed by atoms with E-state index in [0.717, 1.165) is 66.9 Å². The van der Waals surface area contributed by atoms with Crippen LogP contribution in [-0.2, 0) is 6.42 Å². The fraction of sp³-hybridized carbons (Fsp3) is 0.0816. The molecule has 52 heavy (non-hydrogen) atoms. The van der Waals surface area contributed by atoms with Gasteiger partial charge in [0.05, 0.1) is 0 Å². The van der Waals surface area contributed by atoms with Gasteiger partial charge in [-0.15, -0.1) is 0 Å². The number of aryl methyl sites for hydroxylation is 1. The van der Waals surface area contributed by atoms with Gasteiger partial charge >= 0.3 is 0 Å². The number of benzene rings is 6. The number of hydrogen-bond donors (Lipinski definition) is 0. The fourth-order valence-electron chi connectivity index (χ4n) is 7.51. The molecule has 3 heteroatoms. The van der Waals surface area contributed by atoms with E-state index in [1.54, 1.807) is 6.33 Å². The lowest BCUT2D eigenvalue weighted by atomic mass is 9.84. The molecule has 0 spiro atoms. The van der Waals surface area contributed by atoms with Crippen LogP contribution < -0.4 is 10.4 Å². The number of aromatic nitrogens is 3. The minimum atomic E-state index is 0.603. The summed E-state index contributed by atoms with van der Waals surface area (Å²) in [5, 5.41) is 4.48. The molecule has 0 bridgehead atoms. The molecule has 6 aromatic carbocycles. The molecule has 7 rings (SSSR count). The molecule has 0 unspecified atom stereocenters. The second-order valence-electron chi connectivity index (χ2n) is 12.7. The van der Waals surface area contributed by atoms with E-state index in [1.165, 1.54) is 27.5 Å². The van der Waals surface area contributed by atoms with Crippen molar-refractivity contribution < 1.29 is 0 Å². The van der Waals surface area contributed by atoms with E-state index in [1.807, 2.05) is 48.6 Å². The Morgan fingerprint density at radius 3 is 1.94 bits per heavy atom. The van der Waals surface area contributed by atoms with Crippen LogP contribution in [0.5, 0.6) is 0 Å². The number of allylic oxidation sites excluding steroid dienone is 1. The summed E-state index contributed by atoms with van der Waals surface area (Å²) in [5.41, 5.74) is 13.3. The van der Waals surface area contributed by atoms with Gasteiger partial charge in [-0.05, 0) is 97.6 Å². The minimum Gasteiger partial charge on any atom is -0.217 e. The van der Waals surface area contributed by atoms with Crippen LogP contribution >= 0.6 is 0 Å². The first-order valence-electron chi connectivity index (χ1n) is 17.7. The third kappa shape index (κ3) is 6.01. The maximum Gasteiger partial charge on any atom is 0.164 e. The monoisotopic (exact) mass is 671 g/mol. The van der Waals surface area contributed by atoms with E-state index in [2.05, 4.69) is 137 Å². The van der Waals surface area contributed by atoms with Crippen molar-refractivity contribution in [1.29, 1.82) is 0 Å². The van der Waals surface area contributed by atoms with Crippen molar-refractivity contribution in [3.63, 3.8) is 0 Å². The zero-order valence-corrected chi connectivity index (χ0v) is 30.0. The molecule has 0 aliphatic rings. The number of fused-ring (bicyclic) bond motifs is 1. The van der Waals surface area contributed by atoms with Crippen molar-refractivity contribution in [1.82, 2.24) is 15.0 Å². The van der Waals surface area contributed by atoms with Gasteiger partial charge in [0.2, 0.25) is 0 Å². The topological polar surface area (TPSA) is 38.7 Å². The molecule has 1 heterocycles. The van der Waals surface area contributed by atoms with Gasteiger partial charge in [-0.25, -0.2) is 15.0 Å². The normalized spacial score (nSPS) is 11.9. The van der Waals surface area contributed by atoms with Crippen LogP contribution in [0.3, 0.4) is 0 Å². The fourth-order valence-corrected chi connectivity index (χ4v) is 7.51. The van der Waals surface area contributed by atoms with Gasteiger partial charge in [0.1, 0.15) is 6.33 Å². The third-order valence-corrected chi connectivity index (χ3v) is 9.96. The Hall–Kier alpha value is -6.45. The van der Waals surface area contributed by atoms with Crippen LogP contribution in [0, 0.1) is 6.92 Å². The summed E-state index contributed by atoms with van der Waals surface area (Å²) in [6, 6.07) is 38.3. The molecule has 0 N–H and O–H groups in total. The quantitative estimate of drug-likeness (QED) is 0.153. The molecule has 7 aromatic rings. The summed E-state index contributed by atoms with van der Waals surface area (Å²) in [6.07, 6.45) is 12.6. The zero-order chi connectivity index (χ0) is 36.2. The first kappa shape index (κ1) is 34.0. The SMILES string of the molecule is C=C/C=c1/c(-c2ccc(-c3c(C=C)c(C=C)c4ccccc4c3-c3ncnc(-c4ccccc4)n3)cc2)cc(-c2ccccc2CC)c(C)/c1=C/C. The Labute approximate surface area is 306 Å². The Morgan fingerprint density at radius 1 is 0.596 bits per heavy atom. The molecule has 0 saturated carbocycles. The van der Waals surface area contributed by atoms with Crippen LogP contribution in [-0.4, -0.2) is 15.0 Å². The van der Waals surface area contributed by atoms with Crippen molar-refractivity contribution in [2.45, 2.75) is 27.2 Å².